The van der Waals surface area contributed by atoms with Gasteiger partial charge in [-0.05, 0) is 43.9 Å². The smallest absolute Gasteiger partial charge is 0.335 e. The summed E-state index contributed by atoms with van der Waals surface area (Å²) in [4.78, 5) is 23.8. The summed E-state index contributed by atoms with van der Waals surface area (Å²) in [5.41, 5.74) is 0.180. The summed E-state index contributed by atoms with van der Waals surface area (Å²) in [5, 5.41) is 9.19. The second-order valence-corrected chi connectivity index (χ2v) is 7.75. The second kappa shape index (κ2) is 8.43. The molecule has 148 valence electrons. The van der Waals surface area contributed by atoms with Crippen molar-refractivity contribution in [3.8, 4) is 5.75 Å². The van der Waals surface area contributed by atoms with E-state index < -0.39 is 23.9 Å². The molecule has 2 fully saturated rings. The molecule has 1 aliphatic carbocycles. The summed E-state index contributed by atoms with van der Waals surface area (Å²) in [6, 6.07) is 4.01. The number of nitrogens with zero attached hydrogens (tertiary/aromatic N) is 1. The van der Waals surface area contributed by atoms with E-state index in [1.54, 1.807) is 0 Å². The van der Waals surface area contributed by atoms with Gasteiger partial charge >= 0.3 is 5.97 Å². The molecule has 6 nitrogen and oxygen atoms in total. The minimum absolute atomic E-state index is 0.0186. The Morgan fingerprint density at radius 2 is 1.89 bits per heavy atom. The molecule has 0 atom stereocenters. The largest absolute Gasteiger partial charge is 0.490 e. The van der Waals surface area contributed by atoms with Gasteiger partial charge in [-0.1, -0.05) is 0 Å². The first-order valence-electron chi connectivity index (χ1n) is 8.98. The van der Waals surface area contributed by atoms with Crippen molar-refractivity contribution in [3.05, 3.63) is 29.3 Å². The maximum Gasteiger partial charge on any atom is 0.335 e. The van der Waals surface area contributed by atoms with Crippen LogP contribution >= 0.6 is 12.1 Å². The monoisotopic (exact) mass is 400 g/mol. The van der Waals surface area contributed by atoms with Gasteiger partial charge in [0.25, 0.3) is 5.91 Å². The summed E-state index contributed by atoms with van der Waals surface area (Å²) in [5.74, 6) is -4.12. The average molecular weight is 400 g/mol. The van der Waals surface area contributed by atoms with Gasteiger partial charge in [0, 0.05) is 38.1 Å². The zero-order valence-electron chi connectivity index (χ0n) is 14.7. The Hall–Kier alpha value is -1.87. The number of carboxylic acid groups (broad SMARTS) is 1. The van der Waals surface area contributed by atoms with E-state index in [1.807, 2.05) is 4.31 Å². The number of hydrogen-bond donors (Lipinski definition) is 2. The van der Waals surface area contributed by atoms with Gasteiger partial charge in [-0.2, -0.15) is 0 Å². The van der Waals surface area contributed by atoms with Gasteiger partial charge in [-0.15, -0.1) is 0 Å². The third-order valence-corrected chi connectivity index (χ3v) is 5.66. The minimum atomic E-state index is -2.69. The molecule has 1 aromatic rings. The van der Waals surface area contributed by atoms with E-state index >= 15 is 0 Å². The Morgan fingerprint density at radius 3 is 2.52 bits per heavy atom. The highest BCUT2D eigenvalue weighted by Crippen LogP contribution is 2.35. The number of aromatic carboxylic acids is 1. The molecule has 1 amide bonds. The number of carbonyl (C=O) groups excluding carboxylic acids is 1. The Labute approximate surface area is 160 Å². The fourth-order valence-electron chi connectivity index (χ4n) is 3.19. The van der Waals surface area contributed by atoms with E-state index in [0.29, 0.717) is 0 Å². The molecule has 1 heterocycles. The molecular formula is C18H22F2N2O4S. The van der Waals surface area contributed by atoms with Gasteiger partial charge in [0.15, 0.2) is 0 Å². The Bertz CT molecular complexity index is 701. The molecule has 1 aliphatic heterocycles. The lowest BCUT2D eigenvalue weighted by Gasteiger charge is -2.29. The van der Waals surface area contributed by atoms with Gasteiger partial charge in [-0.25, -0.2) is 17.9 Å². The number of alkyl halides is 2. The van der Waals surface area contributed by atoms with Crippen molar-refractivity contribution in [2.75, 3.05) is 13.1 Å². The van der Waals surface area contributed by atoms with Crippen LogP contribution in [0.4, 0.5) is 8.78 Å². The molecule has 0 aromatic heterocycles. The van der Waals surface area contributed by atoms with Crippen LogP contribution in [0.1, 0.15) is 59.2 Å². The zero-order valence-corrected chi connectivity index (χ0v) is 15.6. The Kier molecular flexibility index (Phi) is 6.21. The van der Waals surface area contributed by atoms with Crippen molar-refractivity contribution in [1.82, 2.24) is 9.03 Å². The number of halogens is 2. The van der Waals surface area contributed by atoms with Gasteiger partial charge < -0.3 is 9.84 Å². The lowest BCUT2D eigenvalue weighted by molar-refractivity contribution is -0.0583. The predicted molar refractivity (Wildman–Crippen MR) is 97.1 cm³/mol. The SMILES string of the molecule is O=C(O)c1ccc(C(=O)NSN2CCCC2)c(OC2CCC(F)(F)CC2)c1. The van der Waals surface area contributed by atoms with Crippen LogP contribution in [0.3, 0.4) is 0 Å². The Morgan fingerprint density at radius 1 is 1.22 bits per heavy atom. The topological polar surface area (TPSA) is 78.9 Å². The normalized spacial score (nSPS) is 20.4. The molecule has 0 bridgehead atoms. The summed E-state index contributed by atoms with van der Waals surface area (Å²) in [6.07, 6.45) is 1.47. The number of benzene rings is 1. The van der Waals surface area contributed by atoms with Crippen LogP contribution in [0, 0.1) is 0 Å². The number of rotatable bonds is 6. The van der Waals surface area contributed by atoms with Crippen LogP contribution < -0.4 is 9.46 Å². The minimum Gasteiger partial charge on any atom is -0.490 e. The second-order valence-electron chi connectivity index (χ2n) is 6.85. The van der Waals surface area contributed by atoms with Crippen LogP contribution in [0.2, 0.25) is 0 Å². The molecule has 0 unspecified atom stereocenters. The van der Waals surface area contributed by atoms with Crippen LogP contribution in [0.5, 0.6) is 5.75 Å². The highest BCUT2D eigenvalue weighted by Gasteiger charge is 2.36. The van der Waals surface area contributed by atoms with E-state index in [-0.39, 0.29) is 42.6 Å². The first kappa shape index (κ1) is 19.9. The number of nitrogens with one attached hydrogen (secondary N) is 1. The zero-order chi connectivity index (χ0) is 19.4. The van der Waals surface area contributed by atoms with E-state index in [9.17, 15) is 23.5 Å². The molecule has 9 heteroatoms. The van der Waals surface area contributed by atoms with Crippen molar-refractivity contribution < 1.29 is 28.2 Å². The van der Waals surface area contributed by atoms with Crippen molar-refractivity contribution in [3.63, 3.8) is 0 Å². The van der Waals surface area contributed by atoms with E-state index in [4.69, 9.17) is 4.74 Å². The highest BCUT2D eigenvalue weighted by molar-refractivity contribution is 7.95. The molecular weight excluding hydrogens is 378 g/mol. The molecule has 1 saturated heterocycles. The van der Waals surface area contributed by atoms with Crippen molar-refractivity contribution in [2.45, 2.75) is 50.6 Å². The van der Waals surface area contributed by atoms with E-state index in [2.05, 4.69) is 4.72 Å². The van der Waals surface area contributed by atoms with Gasteiger partial charge in [-0.3, -0.25) is 9.52 Å². The third kappa shape index (κ3) is 5.32. The standard InChI is InChI=1S/C18H22F2N2O4S/c19-18(20)7-5-13(6-8-18)26-15-11-12(17(24)25)3-4-14(15)16(23)21-27-22-9-1-2-10-22/h3-4,11,13H,1-2,5-10H2,(H,21,23)(H,24,25). The quantitative estimate of drug-likeness (QED) is 0.709. The lowest BCUT2D eigenvalue weighted by atomic mass is 9.94. The third-order valence-electron chi connectivity index (χ3n) is 4.76. The number of carboxylic acids is 1. The molecule has 0 radical (unpaired) electrons. The molecule has 2 N–H and O–H groups in total. The summed E-state index contributed by atoms with van der Waals surface area (Å²) in [6.45, 7) is 1.78. The summed E-state index contributed by atoms with van der Waals surface area (Å²) < 4.78 is 37.2. The maximum absolute atomic E-state index is 13.3. The fraction of sp³-hybridized carbons (Fsp3) is 0.556. The fourth-order valence-corrected chi connectivity index (χ4v) is 3.95. The van der Waals surface area contributed by atoms with Crippen molar-refractivity contribution in [2.24, 2.45) is 0 Å². The van der Waals surface area contributed by atoms with Gasteiger partial charge in [0.1, 0.15) is 5.75 Å². The first-order chi connectivity index (χ1) is 12.8. The van der Waals surface area contributed by atoms with Crippen molar-refractivity contribution >= 4 is 24.0 Å². The van der Waals surface area contributed by atoms with Crippen molar-refractivity contribution in [1.29, 1.82) is 0 Å². The van der Waals surface area contributed by atoms with Gasteiger partial charge in [0.2, 0.25) is 5.92 Å². The number of ether oxygens (including phenoxy) is 1. The number of amides is 1. The Balaban J connectivity index is 1.72. The van der Waals surface area contributed by atoms with E-state index in [0.717, 1.165) is 25.9 Å². The average Bonchev–Trinajstić information content (AvgIpc) is 3.15. The van der Waals surface area contributed by atoms with Crippen LogP contribution in [0.15, 0.2) is 18.2 Å². The summed E-state index contributed by atoms with van der Waals surface area (Å²) >= 11 is 1.21. The van der Waals surface area contributed by atoms with E-state index in [1.165, 1.54) is 30.3 Å². The maximum atomic E-state index is 13.3. The van der Waals surface area contributed by atoms with Gasteiger partial charge in [0.05, 0.1) is 17.2 Å². The molecule has 3 rings (SSSR count). The van der Waals surface area contributed by atoms with Crippen LogP contribution in [0.25, 0.3) is 0 Å². The summed E-state index contributed by atoms with van der Waals surface area (Å²) in [7, 11) is 0. The van der Waals surface area contributed by atoms with Crippen LogP contribution in [-0.4, -0.2) is 46.4 Å². The highest BCUT2D eigenvalue weighted by atomic mass is 32.2. The molecule has 27 heavy (non-hydrogen) atoms. The molecule has 0 spiro atoms. The van der Waals surface area contributed by atoms with Crippen LogP contribution in [-0.2, 0) is 0 Å². The lowest BCUT2D eigenvalue weighted by Crippen LogP contribution is -2.31. The predicted octanol–water partition coefficient (Wildman–Crippen LogP) is 3.73. The molecule has 2 aliphatic rings. The molecule has 1 saturated carbocycles. The number of carbonyl (C=O) groups is 2. The first-order valence-corrected chi connectivity index (χ1v) is 9.75. The molecule has 1 aromatic carbocycles. The number of hydrogen-bond acceptors (Lipinski definition) is 5.